The maximum absolute atomic E-state index is 12.4. The van der Waals surface area contributed by atoms with E-state index in [1.807, 2.05) is 24.3 Å². The lowest BCUT2D eigenvalue weighted by Gasteiger charge is -2.08. The fourth-order valence-electron chi connectivity index (χ4n) is 1.69. The van der Waals surface area contributed by atoms with E-state index in [2.05, 4.69) is 0 Å². The molecule has 0 bridgehead atoms. The van der Waals surface area contributed by atoms with Crippen LogP contribution in [0.25, 0.3) is 0 Å². The molecule has 0 saturated carbocycles. The number of rotatable bonds is 4. The number of thioether (sulfide) groups is 1. The van der Waals surface area contributed by atoms with Crippen LogP contribution in [0.3, 0.4) is 0 Å². The van der Waals surface area contributed by atoms with Crippen LogP contribution >= 0.6 is 11.8 Å². The number of halogens is 3. The van der Waals surface area contributed by atoms with Gasteiger partial charge in [0.05, 0.1) is 12.2 Å². The van der Waals surface area contributed by atoms with Gasteiger partial charge in [-0.1, -0.05) is 24.3 Å². The highest BCUT2D eigenvalue weighted by Crippen LogP contribution is 2.30. The molecule has 2 aromatic carbocycles. The van der Waals surface area contributed by atoms with Gasteiger partial charge in [-0.05, 0) is 35.4 Å². The summed E-state index contributed by atoms with van der Waals surface area (Å²) in [5.41, 5.74) is 1.02. The van der Waals surface area contributed by atoms with E-state index in [1.165, 1.54) is 23.9 Å². The van der Waals surface area contributed by atoms with Gasteiger partial charge in [0.1, 0.15) is 0 Å². The first-order valence-corrected chi connectivity index (χ1v) is 6.96. The minimum absolute atomic E-state index is 0.0192. The monoisotopic (exact) mass is 298 g/mol. The Morgan fingerprint density at radius 3 is 2.25 bits per heavy atom. The van der Waals surface area contributed by atoms with Gasteiger partial charge in [0.2, 0.25) is 0 Å². The molecule has 0 fully saturated rings. The van der Waals surface area contributed by atoms with Crippen molar-refractivity contribution in [2.45, 2.75) is 23.4 Å². The minimum atomic E-state index is -4.29. The number of aliphatic hydroxyl groups excluding tert-OH is 1. The van der Waals surface area contributed by atoms with Crippen LogP contribution in [0.2, 0.25) is 0 Å². The van der Waals surface area contributed by atoms with Crippen LogP contribution in [0.15, 0.2) is 53.4 Å². The van der Waals surface area contributed by atoms with E-state index < -0.39 is 11.7 Å². The second-order valence-corrected chi connectivity index (χ2v) is 5.34. The molecular formula is C15H13F3OS. The van der Waals surface area contributed by atoms with Crippen LogP contribution in [0, 0.1) is 0 Å². The molecule has 0 amide bonds. The summed E-state index contributed by atoms with van der Waals surface area (Å²) in [7, 11) is 0. The van der Waals surface area contributed by atoms with Crippen molar-refractivity contribution in [2.75, 3.05) is 0 Å². The molecule has 20 heavy (non-hydrogen) atoms. The predicted octanol–water partition coefficient (Wildman–Crippen LogP) is 4.49. The first-order valence-electron chi connectivity index (χ1n) is 5.98. The Morgan fingerprint density at radius 1 is 0.950 bits per heavy atom. The lowest BCUT2D eigenvalue weighted by molar-refractivity contribution is -0.137. The lowest BCUT2D eigenvalue weighted by Crippen LogP contribution is -2.04. The third-order valence-electron chi connectivity index (χ3n) is 2.77. The van der Waals surface area contributed by atoms with Crippen molar-refractivity contribution < 1.29 is 18.3 Å². The number of alkyl halides is 3. The zero-order valence-corrected chi connectivity index (χ0v) is 11.3. The van der Waals surface area contributed by atoms with Crippen molar-refractivity contribution in [1.82, 2.24) is 0 Å². The normalized spacial score (nSPS) is 11.6. The third-order valence-corrected chi connectivity index (χ3v) is 3.83. The Hall–Kier alpha value is -1.46. The number of hydrogen-bond acceptors (Lipinski definition) is 2. The van der Waals surface area contributed by atoms with Crippen LogP contribution in [0.5, 0.6) is 0 Å². The summed E-state index contributed by atoms with van der Waals surface area (Å²) in [6.45, 7) is -0.0192. The van der Waals surface area contributed by atoms with E-state index in [1.54, 1.807) is 0 Å². The average Bonchev–Trinajstić information content (AvgIpc) is 2.45. The summed E-state index contributed by atoms with van der Waals surface area (Å²) in [6.07, 6.45) is -4.29. The number of hydrogen-bond donors (Lipinski definition) is 1. The van der Waals surface area contributed by atoms with Crippen molar-refractivity contribution in [3.05, 3.63) is 65.2 Å². The molecule has 5 heteroatoms. The van der Waals surface area contributed by atoms with Crippen LogP contribution < -0.4 is 0 Å². The molecule has 0 atom stereocenters. The second-order valence-electron chi connectivity index (χ2n) is 4.29. The van der Waals surface area contributed by atoms with Gasteiger partial charge in [0, 0.05) is 10.6 Å². The summed E-state index contributed by atoms with van der Waals surface area (Å²) in [4.78, 5) is 0.983. The zero-order valence-electron chi connectivity index (χ0n) is 10.5. The Balaban J connectivity index is 2.00. The molecule has 0 aliphatic heterocycles. The Kier molecular flexibility index (Phi) is 4.73. The predicted molar refractivity (Wildman–Crippen MR) is 73.4 cm³/mol. The molecule has 2 rings (SSSR count). The van der Waals surface area contributed by atoms with E-state index in [-0.39, 0.29) is 6.61 Å². The van der Waals surface area contributed by atoms with Gasteiger partial charge in [-0.2, -0.15) is 13.2 Å². The van der Waals surface area contributed by atoms with Crippen molar-refractivity contribution >= 4 is 11.8 Å². The highest BCUT2D eigenvalue weighted by Gasteiger charge is 2.29. The largest absolute Gasteiger partial charge is 0.416 e. The molecule has 0 heterocycles. The highest BCUT2D eigenvalue weighted by molar-refractivity contribution is 7.98. The van der Waals surface area contributed by atoms with Gasteiger partial charge < -0.3 is 5.11 Å². The van der Waals surface area contributed by atoms with Crippen LogP contribution in [-0.2, 0) is 18.5 Å². The average molecular weight is 298 g/mol. The molecule has 0 saturated heterocycles. The van der Waals surface area contributed by atoms with E-state index in [0.29, 0.717) is 5.75 Å². The number of aliphatic hydroxyl groups is 1. The molecule has 2 aromatic rings. The molecule has 1 N–H and O–H groups in total. The summed E-state index contributed by atoms with van der Waals surface area (Å²) < 4.78 is 37.3. The van der Waals surface area contributed by atoms with Crippen molar-refractivity contribution in [2.24, 2.45) is 0 Å². The van der Waals surface area contributed by atoms with E-state index >= 15 is 0 Å². The molecule has 0 spiro atoms. The second kappa shape index (κ2) is 6.33. The summed E-state index contributed by atoms with van der Waals surface area (Å²) in [5, 5.41) is 9.04. The van der Waals surface area contributed by atoms with Crippen molar-refractivity contribution in [3.63, 3.8) is 0 Å². The summed E-state index contributed by atoms with van der Waals surface area (Å²) in [5.74, 6) is 0.590. The fourth-order valence-corrected chi connectivity index (χ4v) is 2.63. The molecular weight excluding hydrogens is 285 g/mol. The SMILES string of the molecule is OCc1cccc(SCc2ccc(C(F)(F)F)cc2)c1. The van der Waals surface area contributed by atoms with E-state index in [4.69, 9.17) is 5.11 Å². The van der Waals surface area contributed by atoms with Crippen LogP contribution in [0.4, 0.5) is 13.2 Å². The summed E-state index contributed by atoms with van der Waals surface area (Å²) >= 11 is 1.52. The van der Waals surface area contributed by atoms with Gasteiger partial charge in [-0.25, -0.2) is 0 Å². The molecule has 0 aliphatic rings. The van der Waals surface area contributed by atoms with Gasteiger partial charge in [0.15, 0.2) is 0 Å². The van der Waals surface area contributed by atoms with Gasteiger partial charge in [-0.15, -0.1) is 11.8 Å². The first kappa shape index (κ1) is 14.9. The van der Waals surface area contributed by atoms with E-state index in [9.17, 15) is 13.2 Å². The van der Waals surface area contributed by atoms with Crippen LogP contribution in [0.1, 0.15) is 16.7 Å². The fraction of sp³-hybridized carbons (Fsp3) is 0.200. The topological polar surface area (TPSA) is 20.2 Å². The Morgan fingerprint density at radius 2 is 1.65 bits per heavy atom. The molecule has 1 nitrogen and oxygen atoms in total. The molecule has 106 valence electrons. The Bertz CT molecular complexity index is 564. The van der Waals surface area contributed by atoms with Gasteiger partial charge in [-0.3, -0.25) is 0 Å². The van der Waals surface area contributed by atoms with Gasteiger partial charge in [0.25, 0.3) is 0 Å². The van der Waals surface area contributed by atoms with Crippen molar-refractivity contribution in [3.8, 4) is 0 Å². The molecule has 0 radical (unpaired) electrons. The third kappa shape index (κ3) is 4.02. The van der Waals surface area contributed by atoms with Gasteiger partial charge >= 0.3 is 6.18 Å². The Labute approximate surface area is 119 Å². The zero-order chi connectivity index (χ0) is 14.6. The maximum atomic E-state index is 12.4. The quantitative estimate of drug-likeness (QED) is 0.839. The summed E-state index contributed by atoms with van der Waals surface area (Å²) in [6, 6.07) is 12.6. The number of benzene rings is 2. The highest BCUT2D eigenvalue weighted by atomic mass is 32.2. The lowest BCUT2D eigenvalue weighted by atomic mass is 10.1. The molecule has 0 aromatic heterocycles. The standard InChI is InChI=1S/C15H13F3OS/c16-15(17,18)13-6-4-11(5-7-13)10-20-14-3-1-2-12(8-14)9-19/h1-8,19H,9-10H2. The minimum Gasteiger partial charge on any atom is -0.392 e. The maximum Gasteiger partial charge on any atom is 0.416 e. The first-order chi connectivity index (χ1) is 9.49. The van der Waals surface area contributed by atoms with Crippen molar-refractivity contribution in [1.29, 1.82) is 0 Å². The molecule has 0 aliphatic carbocycles. The smallest absolute Gasteiger partial charge is 0.392 e. The van der Waals surface area contributed by atoms with Crippen LogP contribution in [-0.4, -0.2) is 5.11 Å². The molecule has 0 unspecified atom stereocenters. The van der Waals surface area contributed by atoms with E-state index in [0.717, 1.165) is 28.2 Å².